The summed E-state index contributed by atoms with van der Waals surface area (Å²) in [4.78, 5) is 13.5. The summed E-state index contributed by atoms with van der Waals surface area (Å²) in [6.07, 6.45) is 5.09. The lowest BCUT2D eigenvalue weighted by molar-refractivity contribution is -0.129. The Morgan fingerprint density at radius 3 is 2.67 bits per heavy atom. The van der Waals surface area contributed by atoms with Crippen molar-refractivity contribution in [3.05, 3.63) is 12.0 Å². The number of ether oxygens (including phenoxy) is 1. The van der Waals surface area contributed by atoms with Gasteiger partial charge in [0.15, 0.2) is 5.88 Å². The molecule has 0 aromatic rings. The van der Waals surface area contributed by atoms with Crippen LogP contribution in [0.15, 0.2) is 12.0 Å². The molecule has 1 rings (SSSR count). The van der Waals surface area contributed by atoms with Gasteiger partial charge in [-0.2, -0.15) is 0 Å². The SMILES string of the molecule is CC/C=C(\NCC(=O)N1CCCC1)OC. The first-order valence-corrected chi connectivity index (χ1v) is 5.53. The fraction of sp³-hybridized carbons (Fsp3) is 0.727. The minimum Gasteiger partial charge on any atom is -0.483 e. The third-order valence-corrected chi connectivity index (χ3v) is 2.48. The highest BCUT2D eigenvalue weighted by Crippen LogP contribution is 2.06. The number of carbonyl (C=O) groups excluding carboxylic acids is 1. The van der Waals surface area contributed by atoms with Crippen LogP contribution in [-0.4, -0.2) is 37.6 Å². The zero-order valence-electron chi connectivity index (χ0n) is 9.58. The Balaban J connectivity index is 2.28. The molecule has 0 spiro atoms. The Bertz CT molecular complexity index is 233. The quantitative estimate of drug-likeness (QED) is 0.694. The van der Waals surface area contributed by atoms with Gasteiger partial charge in [0.25, 0.3) is 0 Å². The molecule has 0 aromatic carbocycles. The van der Waals surface area contributed by atoms with Crippen molar-refractivity contribution in [2.45, 2.75) is 26.2 Å². The lowest BCUT2D eigenvalue weighted by Crippen LogP contribution is -2.36. The fourth-order valence-corrected chi connectivity index (χ4v) is 1.65. The van der Waals surface area contributed by atoms with Gasteiger partial charge in [0.05, 0.1) is 13.7 Å². The minimum absolute atomic E-state index is 0.159. The van der Waals surface area contributed by atoms with E-state index in [-0.39, 0.29) is 5.91 Å². The van der Waals surface area contributed by atoms with Gasteiger partial charge in [0.2, 0.25) is 5.91 Å². The van der Waals surface area contributed by atoms with E-state index in [1.807, 2.05) is 17.9 Å². The molecule has 0 saturated carbocycles. The van der Waals surface area contributed by atoms with Crippen LogP contribution < -0.4 is 5.32 Å². The van der Waals surface area contributed by atoms with Crippen molar-refractivity contribution in [1.29, 1.82) is 0 Å². The summed E-state index contributed by atoms with van der Waals surface area (Å²) in [5.41, 5.74) is 0. The van der Waals surface area contributed by atoms with Gasteiger partial charge in [-0.05, 0) is 25.3 Å². The number of methoxy groups -OCH3 is 1. The molecule has 1 aliphatic rings. The number of nitrogens with one attached hydrogen (secondary N) is 1. The van der Waals surface area contributed by atoms with Crippen LogP contribution in [0.3, 0.4) is 0 Å². The fourth-order valence-electron chi connectivity index (χ4n) is 1.65. The predicted molar refractivity (Wildman–Crippen MR) is 59.2 cm³/mol. The van der Waals surface area contributed by atoms with Crippen molar-refractivity contribution >= 4 is 5.91 Å². The summed E-state index contributed by atoms with van der Waals surface area (Å²) in [6, 6.07) is 0. The molecule has 1 heterocycles. The molecule has 4 heteroatoms. The first-order chi connectivity index (χ1) is 7.27. The van der Waals surface area contributed by atoms with Crippen molar-refractivity contribution in [3.63, 3.8) is 0 Å². The lowest BCUT2D eigenvalue weighted by atomic mass is 10.4. The summed E-state index contributed by atoms with van der Waals surface area (Å²) < 4.78 is 5.08. The molecule has 0 bridgehead atoms. The van der Waals surface area contributed by atoms with Gasteiger partial charge in [0.1, 0.15) is 0 Å². The molecule has 0 atom stereocenters. The summed E-state index contributed by atoms with van der Waals surface area (Å²) in [6.45, 7) is 4.17. The van der Waals surface area contributed by atoms with Crippen molar-refractivity contribution in [3.8, 4) is 0 Å². The normalized spacial score (nSPS) is 16.7. The summed E-state index contributed by atoms with van der Waals surface area (Å²) >= 11 is 0. The number of hydrogen-bond donors (Lipinski definition) is 1. The summed E-state index contributed by atoms with van der Waals surface area (Å²) in [5, 5.41) is 2.99. The zero-order valence-corrected chi connectivity index (χ0v) is 9.58. The highest BCUT2D eigenvalue weighted by Gasteiger charge is 2.17. The van der Waals surface area contributed by atoms with Gasteiger partial charge in [-0.15, -0.1) is 0 Å². The zero-order chi connectivity index (χ0) is 11.1. The largest absolute Gasteiger partial charge is 0.483 e. The number of hydrogen-bond acceptors (Lipinski definition) is 3. The first kappa shape index (κ1) is 11.9. The Morgan fingerprint density at radius 2 is 2.13 bits per heavy atom. The molecule has 1 fully saturated rings. The van der Waals surface area contributed by atoms with E-state index in [0.29, 0.717) is 12.4 Å². The third kappa shape index (κ3) is 3.81. The van der Waals surface area contributed by atoms with Gasteiger partial charge in [0, 0.05) is 13.1 Å². The molecule has 1 aliphatic heterocycles. The standard InChI is InChI=1S/C11H20N2O2/c1-3-6-10(15-2)12-9-11(14)13-7-4-5-8-13/h6,12H,3-5,7-9H2,1-2H3/b10-6+. The molecule has 1 amide bonds. The second kappa shape index (κ2) is 6.32. The van der Waals surface area contributed by atoms with Crippen LogP contribution in [0.4, 0.5) is 0 Å². The molecular formula is C11H20N2O2. The Hall–Kier alpha value is -1.19. The highest BCUT2D eigenvalue weighted by molar-refractivity contribution is 5.78. The van der Waals surface area contributed by atoms with E-state index >= 15 is 0 Å². The van der Waals surface area contributed by atoms with Crippen LogP contribution in [0.2, 0.25) is 0 Å². The molecule has 1 saturated heterocycles. The van der Waals surface area contributed by atoms with Crippen LogP contribution in [-0.2, 0) is 9.53 Å². The van der Waals surface area contributed by atoms with E-state index in [4.69, 9.17) is 4.74 Å². The van der Waals surface area contributed by atoms with E-state index < -0.39 is 0 Å². The number of amides is 1. The topological polar surface area (TPSA) is 41.6 Å². The van der Waals surface area contributed by atoms with Crippen molar-refractivity contribution < 1.29 is 9.53 Å². The third-order valence-electron chi connectivity index (χ3n) is 2.48. The molecular weight excluding hydrogens is 192 g/mol. The highest BCUT2D eigenvalue weighted by atomic mass is 16.5. The Morgan fingerprint density at radius 1 is 1.47 bits per heavy atom. The molecule has 15 heavy (non-hydrogen) atoms. The Labute approximate surface area is 91.3 Å². The van der Waals surface area contributed by atoms with E-state index in [0.717, 1.165) is 32.4 Å². The van der Waals surface area contributed by atoms with Gasteiger partial charge in [-0.25, -0.2) is 0 Å². The van der Waals surface area contributed by atoms with Crippen LogP contribution in [0.5, 0.6) is 0 Å². The molecule has 4 nitrogen and oxygen atoms in total. The molecule has 1 N–H and O–H groups in total. The molecule has 0 aromatic heterocycles. The molecule has 0 radical (unpaired) electrons. The van der Waals surface area contributed by atoms with Crippen molar-refractivity contribution in [1.82, 2.24) is 10.2 Å². The van der Waals surface area contributed by atoms with E-state index in [1.54, 1.807) is 7.11 Å². The van der Waals surface area contributed by atoms with E-state index in [1.165, 1.54) is 0 Å². The van der Waals surface area contributed by atoms with Crippen LogP contribution >= 0.6 is 0 Å². The number of carbonyl (C=O) groups is 1. The van der Waals surface area contributed by atoms with Crippen LogP contribution in [0.25, 0.3) is 0 Å². The maximum Gasteiger partial charge on any atom is 0.241 e. The maximum absolute atomic E-state index is 11.7. The average Bonchev–Trinajstić information content (AvgIpc) is 2.77. The minimum atomic E-state index is 0.159. The summed E-state index contributed by atoms with van der Waals surface area (Å²) in [7, 11) is 1.61. The van der Waals surface area contributed by atoms with Crippen molar-refractivity contribution in [2.75, 3.05) is 26.7 Å². The van der Waals surface area contributed by atoms with E-state index in [2.05, 4.69) is 5.32 Å². The second-order valence-electron chi connectivity index (χ2n) is 3.62. The summed E-state index contributed by atoms with van der Waals surface area (Å²) in [5.74, 6) is 0.844. The number of rotatable bonds is 5. The van der Waals surface area contributed by atoms with E-state index in [9.17, 15) is 4.79 Å². The van der Waals surface area contributed by atoms with Gasteiger partial charge >= 0.3 is 0 Å². The van der Waals surface area contributed by atoms with Gasteiger partial charge in [-0.1, -0.05) is 6.92 Å². The molecule has 0 aliphatic carbocycles. The van der Waals surface area contributed by atoms with Gasteiger partial charge in [-0.3, -0.25) is 4.79 Å². The average molecular weight is 212 g/mol. The lowest BCUT2D eigenvalue weighted by Gasteiger charge is -2.16. The monoisotopic (exact) mass is 212 g/mol. The smallest absolute Gasteiger partial charge is 0.241 e. The first-order valence-electron chi connectivity index (χ1n) is 5.53. The predicted octanol–water partition coefficient (Wildman–Crippen LogP) is 1.10. The molecule has 0 unspecified atom stereocenters. The van der Waals surface area contributed by atoms with Crippen molar-refractivity contribution in [2.24, 2.45) is 0 Å². The molecule has 86 valence electrons. The van der Waals surface area contributed by atoms with Gasteiger partial charge < -0.3 is 15.0 Å². The maximum atomic E-state index is 11.7. The number of allylic oxidation sites excluding steroid dienone is 1. The number of likely N-dealkylation sites (tertiary alicyclic amines) is 1. The number of nitrogens with zero attached hydrogens (tertiary/aromatic N) is 1. The second-order valence-corrected chi connectivity index (χ2v) is 3.62. The Kier molecular flexibility index (Phi) is 5.01. The van der Waals surface area contributed by atoms with Crippen LogP contribution in [0.1, 0.15) is 26.2 Å². The van der Waals surface area contributed by atoms with Crippen LogP contribution in [0, 0.1) is 0 Å².